The first-order valence-corrected chi connectivity index (χ1v) is 4.28. The summed E-state index contributed by atoms with van der Waals surface area (Å²) in [5.74, 6) is -3.17. The van der Waals surface area contributed by atoms with Crippen molar-refractivity contribution < 1.29 is 13.6 Å². The van der Waals surface area contributed by atoms with E-state index in [1.54, 1.807) is 7.05 Å². The third-order valence-corrected chi connectivity index (χ3v) is 2.79. The molecule has 5 heteroatoms. The number of nitrogens with two attached hydrogens (primary N) is 1. The van der Waals surface area contributed by atoms with Crippen LogP contribution in [-0.2, 0) is 4.79 Å². The molecule has 0 aromatic heterocycles. The summed E-state index contributed by atoms with van der Waals surface area (Å²) < 4.78 is 25.5. The Hall–Kier alpha value is -0.710. The Morgan fingerprint density at radius 2 is 1.77 bits per heavy atom. The number of hydrogen-bond acceptors (Lipinski definition) is 2. The SMILES string of the molecule is CNC1(C(N)=O)CCC(F)(F)CC1. The lowest BCUT2D eigenvalue weighted by Gasteiger charge is -2.37. The van der Waals surface area contributed by atoms with E-state index in [1.807, 2.05) is 0 Å². The fourth-order valence-corrected chi connectivity index (χ4v) is 1.66. The fraction of sp³-hybridized carbons (Fsp3) is 0.875. The molecule has 1 rings (SSSR count). The molecule has 0 spiro atoms. The summed E-state index contributed by atoms with van der Waals surface area (Å²) in [7, 11) is 1.58. The minimum atomic E-state index is -2.63. The molecule has 13 heavy (non-hydrogen) atoms. The number of nitrogens with one attached hydrogen (secondary N) is 1. The number of likely N-dealkylation sites (N-methyl/N-ethyl adjacent to an activating group) is 1. The highest BCUT2D eigenvalue weighted by molar-refractivity contribution is 5.84. The number of rotatable bonds is 2. The molecule has 0 bridgehead atoms. The number of carbonyl (C=O) groups excluding carboxylic acids is 1. The van der Waals surface area contributed by atoms with Crippen LogP contribution in [0.2, 0.25) is 0 Å². The monoisotopic (exact) mass is 192 g/mol. The number of halogens is 2. The van der Waals surface area contributed by atoms with Crippen LogP contribution in [0, 0.1) is 0 Å². The highest BCUT2D eigenvalue weighted by atomic mass is 19.3. The molecule has 0 aliphatic heterocycles. The predicted octanol–water partition coefficient (Wildman–Crippen LogP) is 0.639. The second-order valence-electron chi connectivity index (χ2n) is 3.55. The fourth-order valence-electron chi connectivity index (χ4n) is 1.66. The van der Waals surface area contributed by atoms with Crippen molar-refractivity contribution in [2.45, 2.75) is 37.1 Å². The molecule has 3 nitrogen and oxygen atoms in total. The molecule has 0 heterocycles. The van der Waals surface area contributed by atoms with Crippen LogP contribution < -0.4 is 11.1 Å². The third kappa shape index (κ3) is 1.96. The molecule has 1 amide bonds. The van der Waals surface area contributed by atoms with Gasteiger partial charge in [-0.15, -0.1) is 0 Å². The molecule has 1 fully saturated rings. The van der Waals surface area contributed by atoms with E-state index < -0.39 is 17.4 Å². The molecular weight excluding hydrogens is 178 g/mol. The number of alkyl halides is 2. The molecule has 0 aromatic carbocycles. The first kappa shape index (κ1) is 10.4. The summed E-state index contributed by atoms with van der Waals surface area (Å²) in [5, 5.41) is 2.75. The van der Waals surface area contributed by atoms with Crippen LogP contribution in [0.4, 0.5) is 8.78 Å². The van der Waals surface area contributed by atoms with Gasteiger partial charge in [0, 0.05) is 12.8 Å². The van der Waals surface area contributed by atoms with E-state index in [0.717, 1.165) is 0 Å². The van der Waals surface area contributed by atoms with E-state index in [4.69, 9.17) is 5.73 Å². The van der Waals surface area contributed by atoms with E-state index in [9.17, 15) is 13.6 Å². The summed E-state index contributed by atoms with van der Waals surface area (Å²) in [5.41, 5.74) is 4.24. The van der Waals surface area contributed by atoms with Gasteiger partial charge in [0.2, 0.25) is 11.8 Å². The van der Waals surface area contributed by atoms with Crippen molar-refractivity contribution in [2.75, 3.05) is 7.05 Å². The molecule has 0 saturated heterocycles. The van der Waals surface area contributed by atoms with Gasteiger partial charge in [0.05, 0.1) is 5.54 Å². The molecule has 0 aromatic rings. The van der Waals surface area contributed by atoms with Gasteiger partial charge >= 0.3 is 0 Å². The average Bonchev–Trinajstić information content (AvgIpc) is 2.05. The van der Waals surface area contributed by atoms with Crippen LogP contribution in [0.5, 0.6) is 0 Å². The average molecular weight is 192 g/mol. The number of hydrogen-bond donors (Lipinski definition) is 2. The predicted molar refractivity (Wildman–Crippen MR) is 44.4 cm³/mol. The van der Waals surface area contributed by atoms with Gasteiger partial charge in [-0.05, 0) is 19.9 Å². The van der Waals surface area contributed by atoms with E-state index >= 15 is 0 Å². The van der Waals surface area contributed by atoms with E-state index in [-0.39, 0.29) is 25.7 Å². The zero-order valence-corrected chi connectivity index (χ0v) is 7.57. The van der Waals surface area contributed by atoms with E-state index in [0.29, 0.717) is 0 Å². The summed E-state index contributed by atoms with van der Waals surface area (Å²) in [4.78, 5) is 11.0. The Kier molecular flexibility index (Phi) is 2.56. The summed E-state index contributed by atoms with van der Waals surface area (Å²) >= 11 is 0. The molecule has 0 atom stereocenters. The van der Waals surface area contributed by atoms with Crippen molar-refractivity contribution in [2.24, 2.45) is 5.73 Å². The number of amides is 1. The van der Waals surface area contributed by atoms with Crippen LogP contribution >= 0.6 is 0 Å². The summed E-state index contributed by atoms with van der Waals surface area (Å²) in [6, 6.07) is 0. The normalized spacial score (nSPS) is 25.5. The number of primary amides is 1. The minimum Gasteiger partial charge on any atom is -0.368 e. The van der Waals surface area contributed by atoms with Crippen molar-refractivity contribution in [3.63, 3.8) is 0 Å². The van der Waals surface area contributed by atoms with Crippen molar-refractivity contribution in [3.05, 3.63) is 0 Å². The van der Waals surface area contributed by atoms with E-state index in [1.165, 1.54) is 0 Å². The minimum absolute atomic E-state index is 0.117. The zero-order chi connectivity index (χ0) is 10.1. The van der Waals surface area contributed by atoms with Crippen LogP contribution in [0.1, 0.15) is 25.7 Å². The molecule has 0 radical (unpaired) electrons. The van der Waals surface area contributed by atoms with Crippen LogP contribution in [0.15, 0.2) is 0 Å². The highest BCUT2D eigenvalue weighted by Crippen LogP contribution is 2.38. The lowest BCUT2D eigenvalue weighted by Crippen LogP contribution is -2.57. The Morgan fingerprint density at radius 3 is 2.08 bits per heavy atom. The lowest BCUT2D eigenvalue weighted by atomic mass is 9.79. The van der Waals surface area contributed by atoms with Gasteiger partial charge < -0.3 is 11.1 Å². The zero-order valence-electron chi connectivity index (χ0n) is 7.57. The van der Waals surface area contributed by atoms with Gasteiger partial charge in [0.15, 0.2) is 0 Å². The maximum absolute atomic E-state index is 12.8. The second kappa shape index (κ2) is 3.21. The Bertz CT molecular complexity index is 208. The first-order chi connectivity index (χ1) is 5.92. The second-order valence-corrected chi connectivity index (χ2v) is 3.55. The van der Waals surface area contributed by atoms with Crippen molar-refractivity contribution in [1.29, 1.82) is 0 Å². The van der Waals surface area contributed by atoms with Crippen LogP contribution in [0.3, 0.4) is 0 Å². The molecule has 0 unspecified atom stereocenters. The van der Waals surface area contributed by atoms with Gasteiger partial charge in [0.25, 0.3) is 0 Å². The largest absolute Gasteiger partial charge is 0.368 e. The van der Waals surface area contributed by atoms with Gasteiger partial charge in [-0.3, -0.25) is 4.79 Å². The van der Waals surface area contributed by atoms with Crippen LogP contribution in [0.25, 0.3) is 0 Å². The Morgan fingerprint density at radius 1 is 1.31 bits per heavy atom. The van der Waals surface area contributed by atoms with Gasteiger partial charge in [0.1, 0.15) is 0 Å². The highest BCUT2D eigenvalue weighted by Gasteiger charge is 2.45. The number of carbonyl (C=O) groups is 1. The third-order valence-electron chi connectivity index (χ3n) is 2.79. The first-order valence-electron chi connectivity index (χ1n) is 4.28. The molecule has 1 aliphatic carbocycles. The lowest BCUT2D eigenvalue weighted by molar-refractivity contribution is -0.129. The maximum Gasteiger partial charge on any atom is 0.248 e. The standard InChI is InChI=1S/C8H14F2N2O/c1-12-7(6(11)13)2-4-8(9,10)5-3-7/h12H,2-5H2,1H3,(H2,11,13). The van der Waals surface area contributed by atoms with Gasteiger partial charge in [-0.1, -0.05) is 0 Å². The molecule has 76 valence electrons. The van der Waals surface area contributed by atoms with E-state index in [2.05, 4.69) is 5.32 Å². The van der Waals surface area contributed by atoms with Crippen LogP contribution in [-0.4, -0.2) is 24.4 Å². The maximum atomic E-state index is 12.8. The topological polar surface area (TPSA) is 55.1 Å². The molecule has 1 saturated carbocycles. The molecule has 1 aliphatic rings. The quantitative estimate of drug-likeness (QED) is 0.674. The van der Waals surface area contributed by atoms with Crippen molar-refractivity contribution in [3.8, 4) is 0 Å². The van der Waals surface area contributed by atoms with Gasteiger partial charge in [-0.25, -0.2) is 8.78 Å². The smallest absolute Gasteiger partial charge is 0.248 e. The summed E-state index contributed by atoms with van der Waals surface area (Å²) in [6.45, 7) is 0. The van der Waals surface area contributed by atoms with Gasteiger partial charge in [-0.2, -0.15) is 0 Å². The van der Waals surface area contributed by atoms with Crippen molar-refractivity contribution in [1.82, 2.24) is 5.32 Å². The summed E-state index contributed by atoms with van der Waals surface area (Å²) in [6.07, 6.45) is -0.300. The Labute approximate surface area is 75.7 Å². The molecule has 3 N–H and O–H groups in total. The molecular formula is C8H14F2N2O. The van der Waals surface area contributed by atoms with Crippen molar-refractivity contribution >= 4 is 5.91 Å². The Balaban J connectivity index is 2.69.